The zero-order chi connectivity index (χ0) is 14.8. The second-order valence-corrected chi connectivity index (χ2v) is 5.78. The van der Waals surface area contributed by atoms with Crippen molar-refractivity contribution < 1.29 is 9.59 Å². The van der Waals surface area contributed by atoms with Gasteiger partial charge in [0.2, 0.25) is 5.91 Å². The van der Waals surface area contributed by atoms with E-state index in [4.69, 9.17) is 0 Å². The Bertz CT molecular complexity index is 525. The van der Waals surface area contributed by atoms with Gasteiger partial charge in [-0.2, -0.15) is 5.10 Å². The number of imide groups is 1. The highest BCUT2D eigenvalue weighted by molar-refractivity contribution is 6.01. The number of carbonyl (C=O) groups excluding carboxylic acids is 2. The Balaban J connectivity index is 1.54. The minimum atomic E-state index is -0.265. The van der Waals surface area contributed by atoms with E-state index in [0.29, 0.717) is 12.6 Å². The van der Waals surface area contributed by atoms with E-state index in [1.807, 2.05) is 24.0 Å². The third-order valence-corrected chi connectivity index (χ3v) is 4.21. The minimum absolute atomic E-state index is 0.126. The number of carbonyl (C=O) groups is 2. The van der Waals surface area contributed by atoms with Gasteiger partial charge >= 0.3 is 6.03 Å². The predicted octanol–water partition coefficient (Wildman–Crippen LogP) is 0.208. The van der Waals surface area contributed by atoms with Crippen molar-refractivity contribution in [2.45, 2.75) is 32.4 Å². The summed E-state index contributed by atoms with van der Waals surface area (Å²) in [6.07, 6.45) is 6.21. The summed E-state index contributed by atoms with van der Waals surface area (Å²) in [7, 11) is 0. The predicted molar refractivity (Wildman–Crippen MR) is 76.7 cm³/mol. The van der Waals surface area contributed by atoms with Crippen molar-refractivity contribution in [1.29, 1.82) is 0 Å². The molecule has 0 saturated carbocycles. The molecular formula is C14H21N5O2. The number of amides is 3. The fourth-order valence-electron chi connectivity index (χ4n) is 3.09. The van der Waals surface area contributed by atoms with Crippen LogP contribution in [0.3, 0.4) is 0 Å². The number of nitrogens with one attached hydrogen (secondary N) is 1. The first kappa shape index (κ1) is 14.1. The number of aromatic nitrogens is 2. The van der Waals surface area contributed by atoms with Crippen LogP contribution in [0.5, 0.6) is 0 Å². The van der Waals surface area contributed by atoms with E-state index in [1.165, 1.54) is 10.5 Å². The Hall–Kier alpha value is -1.89. The molecule has 2 aliphatic rings. The maximum absolute atomic E-state index is 11.6. The van der Waals surface area contributed by atoms with Gasteiger partial charge in [0.15, 0.2) is 0 Å². The number of rotatable bonds is 5. The quantitative estimate of drug-likeness (QED) is 0.787. The molecule has 3 amide bonds. The Kier molecular flexibility index (Phi) is 3.92. The first-order chi connectivity index (χ1) is 10.1. The highest BCUT2D eigenvalue weighted by atomic mass is 16.2. The Morgan fingerprint density at radius 2 is 2.24 bits per heavy atom. The SMILES string of the molecule is Cc1cnn(C[C@H]2CCCN2CCN2C(=O)CNC2=O)c1. The summed E-state index contributed by atoms with van der Waals surface area (Å²) in [4.78, 5) is 26.8. The molecule has 0 spiro atoms. The van der Waals surface area contributed by atoms with E-state index in [-0.39, 0.29) is 18.5 Å². The molecule has 0 bridgehead atoms. The summed E-state index contributed by atoms with van der Waals surface area (Å²) in [5.41, 5.74) is 1.17. The van der Waals surface area contributed by atoms with Gasteiger partial charge in [0.1, 0.15) is 0 Å². The highest BCUT2D eigenvalue weighted by Crippen LogP contribution is 2.18. The van der Waals surface area contributed by atoms with Crippen molar-refractivity contribution in [3.63, 3.8) is 0 Å². The van der Waals surface area contributed by atoms with E-state index < -0.39 is 0 Å². The first-order valence-corrected chi connectivity index (χ1v) is 7.45. The van der Waals surface area contributed by atoms with Gasteiger partial charge in [-0.15, -0.1) is 0 Å². The van der Waals surface area contributed by atoms with Crippen LogP contribution in [0.2, 0.25) is 0 Å². The number of likely N-dealkylation sites (tertiary alicyclic amines) is 1. The molecule has 21 heavy (non-hydrogen) atoms. The normalized spacial score (nSPS) is 23.1. The van der Waals surface area contributed by atoms with Crippen LogP contribution in [-0.2, 0) is 11.3 Å². The molecular weight excluding hydrogens is 270 g/mol. The Morgan fingerprint density at radius 3 is 2.90 bits per heavy atom. The third kappa shape index (κ3) is 3.07. The molecule has 1 N–H and O–H groups in total. The molecule has 114 valence electrons. The minimum Gasteiger partial charge on any atom is -0.329 e. The number of hydrogen-bond donors (Lipinski definition) is 1. The van der Waals surface area contributed by atoms with Crippen LogP contribution >= 0.6 is 0 Å². The molecule has 2 saturated heterocycles. The number of hydrogen-bond acceptors (Lipinski definition) is 4. The third-order valence-electron chi connectivity index (χ3n) is 4.21. The molecule has 0 aromatic carbocycles. The molecule has 1 aromatic heterocycles. The molecule has 1 atom stereocenters. The average Bonchev–Trinajstić information content (AvgIpc) is 3.13. The van der Waals surface area contributed by atoms with Crippen molar-refractivity contribution in [2.24, 2.45) is 0 Å². The van der Waals surface area contributed by atoms with E-state index in [9.17, 15) is 9.59 Å². The first-order valence-electron chi connectivity index (χ1n) is 7.45. The average molecular weight is 291 g/mol. The Morgan fingerprint density at radius 1 is 1.38 bits per heavy atom. The van der Waals surface area contributed by atoms with Gasteiger partial charge in [0, 0.05) is 25.3 Å². The van der Waals surface area contributed by atoms with Crippen molar-refractivity contribution in [3.8, 4) is 0 Å². The fourth-order valence-corrected chi connectivity index (χ4v) is 3.09. The van der Waals surface area contributed by atoms with E-state index in [0.717, 1.165) is 32.5 Å². The van der Waals surface area contributed by atoms with E-state index >= 15 is 0 Å². The van der Waals surface area contributed by atoms with Crippen LogP contribution in [0.15, 0.2) is 12.4 Å². The van der Waals surface area contributed by atoms with Crippen LogP contribution in [0.4, 0.5) is 4.79 Å². The van der Waals surface area contributed by atoms with Crippen LogP contribution in [-0.4, -0.2) is 63.7 Å². The highest BCUT2D eigenvalue weighted by Gasteiger charge is 2.30. The summed E-state index contributed by atoms with van der Waals surface area (Å²) < 4.78 is 1.98. The van der Waals surface area contributed by atoms with Crippen LogP contribution in [0.25, 0.3) is 0 Å². The van der Waals surface area contributed by atoms with Gasteiger partial charge in [0.05, 0.1) is 19.3 Å². The number of aryl methyl sites for hydroxylation is 1. The standard InChI is InChI=1S/C14H21N5O2/c1-11-7-16-18(9-11)10-12-3-2-4-17(12)5-6-19-13(20)8-15-14(19)21/h7,9,12H,2-6,8,10H2,1H3,(H,15,21)/t12-/m1/s1. The summed E-state index contributed by atoms with van der Waals surface area (Å²) >= 11 is 0. The molecule has 0 aliphatic carbocycles. The molecule has 3 heterocycles. The molecule has 0 radical (unpaired) electrons. The summed E-state index contributed by atoms with van der Waals surface area (Å²) in [5.74, 6) is -0.126. The lowest BCUT2D eigenvalue weighted by atomic mass is 10.2. The van der Waals surface area contributed by atoms with Crippen LogP contribution < -0.4 is 5.32 Å². The lowest BCUT2D eigenvalue weighted by molar-refractivity contribution is -0.125. The topological polar surface area (TPSA) is 70.5 Å². The second-order valence-electron chi connectivity index (χ2n) is 5.78. The zero-order valence-electron chi connectivity index (χ0n) is 12.3. The molecule has 2 fully saturated rings. The van der Waals surface area contributed by atoms with Gasteiger partial charge in [-0.1, -0.05) is 0 Å². The van der Waals surface area contributed by atoms with Crippen LogP contribution in [0, 0.1) is 6.92 Å². The zero-order valence-corrected chi connectivity index (χ0v) is 12.3. The lowest BCUT2D eigenvalue weighted by Crippen LogP contribution is -2.41. The molecule has 7 heteroatoms. The van der Waals surface area contributed by atoms with Gasteiger partial charge in [-0.05, 0) is 31.9 Å². The molecule has 3 rings (SSSR count). The van der Waals surface area contributed by atoms with Crippen molar-refractivity contribution >= 4 is 11.9 Å². The van der Waals surface area contributed by atoms with Crippen molar-refractivity contribution in [3.05, 3.63) is 18.0 Å². The summed E-state index contributed by atoms with van der Waals surface area (Å²) in [5, 5.41) is 6.89. The number of nitrogens with zero attached hydrogens (tertiary/aromatic N) is 4. The monoisotopic (exact) mass is 291 g/mol. The van der Waals surface area contributed by atoms with Crippen molar-refractivity contribution in [2.75, 3.05) is 26.2 Å². The Labute approximate surface area is 123 Å². The summed E-state index contributed by atoms with van der Waals surface area (Å²) in [6.45, 7) is 5.27. The summed E-state index contributed by atoms with van der Waals surface area (Å²) in [6, 6.07) is 0.170. The van der Waals surface area contributed by atoms with Gasteiger partial charge in [0.25, 0.3) is 0 Å². The molecule has 2 aliphatic heterocycles. The van der Waals surface area contributed by atoms with Gasteiger partial charge in [-0.3, -0.25) is 19.3 Å². The maximum Gasteiger partial charge on any atom is 0.324 e. The van der Waals surface area contributed by atoms with Crippen LogP contribution in [0.1, 0.15) is 18.4 Å². The maximum atomic E-state index is 11.6. The van der Waals surface area contributed by atoms with E-state index in [2.05, 4.69) is 15.3 Å². The smallest absolute Gasteiger partial charge is 0.324 e. The fraction of sp³-hybridized carbons (Fsp3) is 0.643. The second kappa shape index (κ2) is 5.85. The van der Waals surface area contributed by atoms with Gasteiger partial charge in [-0.25, -0.2) is 4.79 Å². The van der Waals surface area contributed by atoms with E-state index in [1.54, 1.807) is 0 Å². The largest absolute Gasteiger partial charge is 0.329 e. The lowest BCUT2D eigenvalue weighted by Gasteiger charge is -2.26. The molecule has 0 unspecified atom stereocenters. The van der Waals surface area contributed by atoms with Gasteiger partial charge < -0.3 is 5.32 Å². The molecule has 7 nitrogen and oxygen atoms in total. The molecule has 1 aromatic rings. The van der Waals surface area contributed by atoms with Crippen molar-refractivity contribution in [1.82, 2.24) is 24.9 Å². The number of urea groups is 1.